The molecule has 3 aromatic carbocycles. The van der Waals surface area contributed by atoms with Crippen molar-refractivity contribution in [3.05, 3.63) is 114 Å². The molecule has 2 heterocycles. The zero-order chi connectivity index (χ0) is 23.9. The van der Waals surface area contributed by atoms with E-state index in [4.69, 9.17) is 0 Å². The third-order valence-corrected chi connectivity index (χ3v) is 6.38. The van der Waals surface area contributed by atoms with E-state index in [0.717, 1.165) is 33.3 Å². The van der Waals surface area contributed by atoms with Gasteiger partial charge in [-0.15, -0.1) is 0 Å². The fourth-order valence-electron chi connectivity index (χ4n) is 4.59. The molecule has 0 aliphatic rings. The molecule has 0 atom stereocenters. The maximum Gasteiger partial charge on any atom is 0.353 e. The van der Waals surface area contributed by atoms with E-state index in [9.17, 15) is 9.90 Å². The number of hydrogen-bond donors (Lipinski definition) is 1. The van der Waals surface area contributed by atoms with Crippen LogP contribution in [-0.4, -0.2) is 20.2 Å². The van der Waals surface area contributed by atoms with Crippen molar-refractivity contribution in [3.63, 3.8) is 0 Å². The lowest BCUT2D eigenvalue weighted by Gasteiger charge is -2.19. The molecule has 2 aromatic heterocycles. The molecule has 0 saturated heterocycles. The van der Waals surface area contributed by atoms with Gasteiger partial charge in [0, 0.05) is 41.1 Å². The van der Waals surface area contributed by atoms with Crippen molar-refractivity contribution < 1.29 is 9.90 Å². The predicted octanol–water partition coefficient (Wildman–Crippen LogP) is 7.14. The molecule has 170 valence electrons. The van der Waals surface area contributed by atoms with Crippen molar-refractivity contribution in [2.24, 2.45) is 0 Å². The van der Waals surface area contributed by atoms with Crippen LogP contribution >= 0.6 is 0 Å². The molecule has 0 unspecified atom stereocenters. The fraction of sp³-hybridized carbons (Fsp3) is 0.167. The lowest BCUT2D eigenvalue weighted by atomic mass is 9.86. The monoisotopic (exact) mass is 448 g/mol. The van der Waals surface area contributed by atoms with Gasteiger partial charge in [-0.2, -0.15) is 0 Å². The maximum absolute atomic E-state index is 12.7. The standard InChI is InChI=1S/C30H28N2O2/c1-30(2,3)23-13-11-22(12-14-23)27-25-19-24(31-17-7-8-18-31)15-16-26(25)32(28(27)29(33)34)20-21-9-5-4-6-10-21/h4-19H,20H2,1-3H3,(H,33,34). The van der Waals surface area contributed by atoms with Crippen molar-refractivity contribution in [1.82, 2.24) is 9.13 Å². The van der Waals surface area contributed by atoms with Gasteiger partial charge in [-0.1, -0.05) is 75.4 Å². The van der Waals surface area contributed by atoms with Gasteiger partial charge in [-0.3, -0.25) is 0 Å². The summed E-state index contributed by atoms with van der Waals surface area (Å²) in [4.78, 5) is 12.7. The minimum atomic E-state index is -0.926. The van der Waals surface area contributed by atoms with E-state index in [1.54, 1.807) is 0 Å². The molecule has 0 radical (unpaired) electrons. The van der Waals surface area contributed by atoms with Crippen LogP contribution in [0.25, 0.3) is 27.7 Å². The lowest BCUT2D eigenvalue weighted by molar-refractivity contribution is 0.0687. The van der Waals surface area contributed by atoms with E-state index in [1.165, 1.54) is 5.56 Å². The molecule has 0 saturated carbocycles. The summed E-state index contributed by atoms with van der Waals surface area (Å²) in [6.45, 7) is 7.03. The summed E-state index contributed by atoms with van der Waals surface area (Å²) in [5, 5.41) is 11.3. The molecule has 4 nitrogen and oxygen atoms in total. The van der Waals surface area contributed by atoms with Crippen molar-refractivity contribution >= 4 is 16.9 Å². The van der Waals surface area contributed by atoms with E-state index in [0.29, 0.717) is 12.2 Å². The Labute approximate surface area is 199 Å². The third-order valence-electron chi connectivity index (χ3n) is 6.38. The molecule has 0 spiro atoms. The van der Waals surface area contributed by atoms with Gasteiger partial charge in [-0.25, -0.2) is 4.79 Å². The number of aromatic carboxylic acids is 1. The van der Waals surface area contributed by atoms with Crippen LogP contribution in [0.15, 0.2) is 97.3 Å². The van der Waals surface area contributed by atoms with Crippen molar-refractivity contribution in [3.8, 4) is 16.8 Å². The van der Waals surface area contributed by atoms with Crippen LogP contribution in [0.1, 0.15) is 42.4 Å². The van der Waals surface area contributed by atoms with Crippen LogP contribution in [0.4, 0.5) is 0 Å². The molecule has 34 heavy (non-hydrogen) atoms. The first-order valence-electron chi connectivity index (χ1n) is 11.5. The molecule has 5 rings (SSSR count). The average Bonchev–Trinajstić information content (AvgIpc) is 3.46. The molecule has 1 N–H and O–H groups in total. The largest absolute Gasteiger partial charge is 0.477 e. The fourth-order valence-corrected chi connectivity index (χ4v) is 4.59. The van der Waals surface area contributed by atoms with Gasteiger partial charge < -0.3 is 14.2 Å². The number of aromatic nitrogens is 2. The van der Waals surface area contributed by atoms with E-state index < -0.39 is 5.97 Å². The first kappa shape index (κ1) is 21.8. The second-order valence-corrected chi connectivity index (χ2v) is 9.72. The van der Waals surface area contributed by atoms with Crippen LogP contribution in [0, 0.1) is 0 Å². The molecule has 0 aliphatic heterocycles. The number of carboxylic acids is 1. The highest BCUT2D eigenvalue weighted by Crippen LogP contribution is 2.38. The topological polar surface area (TPSA) is 47.2 Å². The molecule has 0 amide bonds. The average molecular weight is 449 g/mol. The summed E-state index contributed by atoms with van der Waals surface area (Å²) in [6, 6.07) is 28.5. The highest BCUT2D eigenvalue weighted by molar-refractivity contribution is 6.08. The number of rotatable bonds is 5. The van der Waals surface area contributed by atoms with Crippen molar-refractivity contribution in [1.29, 1.82) is 0 Å². The van der Waals surface area contributed by atoms with Crippen LogP contribution in [-0.2, 0) is 12.0 Å². The minimum absolute atomic E-state index is 0.0249. The Morgan fingerprint density at radius 2 is 1.53 bits per heavy atom. The second kappa shape index (κ2) is 8.38. The normalized spacial score (nSPS) is 11.7. The van der Waals surface area contributed by atoms with Gasteiger partial charge in [0.2, 0.25) is 0 Å². The molecule has 0 bridgehead atoms. The number of carbonyl (C=O) groups is 1. The highest BCUT2D eigenvalue weighted by Gasteiger charge is 2.25. The van der Waals surface area contributed by atoms with Gasteiger partial charge in [-0.05, 0) is 52.4 Å². The Kier molecular flexibility index (Phi) is 5.37. The zero-order valence-corrected chi connectivity index (χ0v) is 19.7. The number of benzene rings is 3. The first-order chi connectivity index (χ1) is 16.3. The number of nitrogens with zero attached hydrogens (tertiary/aromatic N) is 2. The number of fused-ring (bicyclic) bond motifs is 1. The minimum Gasteiger partial charge on any atom is -0.477 e. The highest BCUT2D eigenvalue weighted by atomic mass is 16.4. The molecule has 0 fully saturated rings. The summed E-state index contributed by atoms with van der Waals surface area (Å²) >= 11 is 0. The van der Waals surface area contributed by atoms with E-state index in [2.05, 4.69) is 51.1 Å². The number of hydrogen-bond acceptors (Lipinski definition) is 1. The summed E-state index contributed by atoms with van der Waals surface area (Å²) < 4.78 is 3.97. The Morgan fingerprint density at radius 1 is 0.853 bits per heavy atom. The smallest absolute Gasteiger partial charge is 0.353 e. The molecule has 0 aliphatic carbocycles. The molecule has 5 aromatic rings. The van der Waals surface area contributed by atoms with E-state index >= 15 is 0 Å². The molecular weight excluding hydrogens is 420 g/mol. The van der Waals surface area contributed by atoms with Gasteiger partial charge in [0.1, 0.15) is 5.69 Å². The van der Waals surface area contributed by atoms with E-state index in [1.807, 2.05) is 76.1 Å². The van der Waals surface area contributed by atoms with Gasteiger partial charge in [0.25, 0.3) is 0 Å². The van der Waals surface area contributed by atoms with Crippen LogP contribution in [0.2, 0.25) is 0 Å². The van der Waals surface area contributed by atoms with Gasteiger partial charge in [0.05, 0.1) is 0 Å². The summed E-state index contributed by atoms with van der Waals surface area (Å²) in [5.74, 6) is -0.926. The van der Waals surface area contributed by atoms with Crippen LogP contribution in [0.3, 0.4) is 0 Å². The second-order valence-electron chi connectivity index (χ2n) is 9.72. The van der Waals surface area contributed by atoms with Crippen LogP contribution < -0.4 is 0 Å². The first-order valence-corrected chi connectivity index (χ1v) is 11.5. The number of carboxylic acid groups (broad SMARTS) is 1. The predicted molar refractivity (Wildman–Crippen MR) is 138 cm³/mol. The summed E-state index contributed by atoms with van der Waals surface area (Å²) in [5.41, 5.74) is 6.19. The Bertz CT molecular complexity index is 1450. The maximum atomic E-state index is 12.7. The molecular formula is C30H28N2O2. The summed E-state index contributed by atoms with van der Waals surface area (Å²) in [7, 11) is 0. The van der Waals surface area contributed by atoms with Crippen LogP contribution in [0.5, 0.6) is 0 Å². The Hall–Kier alpha value is -4.05. The lowest BCUT2D eigenvalue weighted by Crippen LogP contribution is -2.11. The Morgan fingerprint density at radius 3 is 2.15 bits per heavy atom. The van der Waals surface area contributed by atoms with Gasteiger partial charge in [0.15, 0.2) is 0 Å². The summed E-state index contributed by atoms with van der Waals surface area (Å²) in [6.07, 6.45) is 4.00. The van der Waals surface area contributed by atoms with E-state index in [-0.39, 0.29) is 5.41 Å². The Balaban J connectivity index is 1.78. The van der Waals surface area contributed by atoms with Crippen molar-refractivity contribution in [2.75, 3.05) is 0 Å². The quantitative estimate of drug-likeness (QED) is 0.310. The van der Waals surface area contributed by atoms with Gasteiger partial charge >= 0.3 is 5.97 Å². The molecule has 4 heteroatoms. The third kappa shape index (κ3) is 3.92. The zero-order valence-electron chi connectivity index (χ0n) is 19.7. The SMILES string of the molecule is CC(C)(C)c1ccc(-c2c(C(=O)O)n(Cc3ccccc3)c3ccc(-n4cccc4)cc23)cc1. The van der Waals surface area contributed by atoms with Crippen molar-refractivity contribution in [2.45, 2.75) is 32.7 Å².